The largest absolute Gasteiger partial charge is 0.467 e. The van der Waals surface area contributed by atoms with E-state index in [4.69, 9.17) is 15.9 Å². The summed E-state index contributed by atoms with van der Waals surface area (Å²) in [6, 6.07) is 5.24. The van der Waals surface area contributed by atoms with Crippen LogP contribution in [-0.4, -0.2) is 27.6 Å². The van der Waals surface area contributed by atoms with Crippen LogP contribution in [0.25, 0.3) is 0 Å². The lowest BCUT2D eigenvalue weighted by Gasteiger charge is -2.32. The summed E-state index contributed by atoms with van der Waals surface area (Å²) in [6.07, 6.45) is -3.46. The average Bonchev–Trinajstić information content (AvgIpc) is 3.39. The van der Waals surface area contributed by atoms with Crippen LogP contribution in [0, 0.1) is 0 Å². The SMILES string of the molecule is CC(C)(C)NC(=O)[C@@H](c1ccco1)N(C(=O)c1snc(C(N)=O)c1N)c1cccc(C(F)(F)F)c1. The predicted molar refractivity (Wildman–Crippen MR) is 123 cm³/mol. The van der Waals surface area contributed by atoms with Gasteiger partial charge in [0, 0.05) is 11.2 Å². The van der Waals surface area contributed by atoms with E-state index in [1.54, 1.807) is 20.8 Å². The summed E-state index contributed by atoms with van der Waals surface area (Å²) in [7, 11) is 0. The number of halogens is 3. The Balaban J connectivity index is 2.25. The number of primary amides is 1. The first-order chi connectivity index (χ1) is 16.2. The van der Waals surface area contributed by atoms with Gasteiger partial charge in [-0.15, -0.1) is 0 Å². The minimum absolute atomic E-state index is 0.0178. The zero-order valence-corrected chi connectivity index (χ0v) is 19.7. The van der Waals surface area contributed by atoms with Crippen molar-refractivity contribution in [1.29, 1.82) is 0 Å². The van der Waals surface area contributed by atoms with Gasteiger partial charge >= 0.3 is 6.18 Å². The highest BCUT2D eigenvalue weighted by atomic mass is 32.1. The molecular formula is C22H22F3N5O4S. The van der Waals surface area contributed by atoms with Crippen LogP contribution in [0.4, 0.5) is 24.5 Å². The first kappa shape index (κ1) is 25.7. The van der Waals surface area contributed by atoms with Gasteiger partial charge < -0.3 is 21.2 Å². The summed E-state index contributed by atoms with van der Waals surface area (Å²) < 4.78 is 49.6. The van der Waals surface area contributed by atoms with Gasteiger partial charge in [-0.2, -0.15) is 17.5 Å². The standard InChI is InChI=1S/C22H22F3N5O4S/c1-21(2,3)28-19(32)16(13-8-5-9-34-13)30(12-7-4-6-11(10-12)22(23,24)25)20(33)17-14(26)15(18(27)31)29-35-17/h4-10,16H,26H2,1-3H3,(H2,27,31)(H,28,32)/t16-/m1/s1. The molecule has 0 aliphatic heterocycles. The second-order valence-corrected chi connectivity index (χ2v) is 9.29. The number of carbonyl (C=O) groups excluding carboxylic acids is 3. The highest BCUT2D eigenvalue weighted by Crippen LogP contribution is 2.37. The van der Waals surface area contributed by atoms with Crippen LogP contribution in [-0.2, 0) is 11.0 Å². The third kappa shape index (κ3) is 5.62. The molecule has 0 aliphatic carbocycles. The quantitative estimate of drug-likeness (QED) is 0.462. The van der Waals surface area contributed by atoms with Gasteiger partial charge in [-0.05, 0) is 62.6 Å². The van der Waals surface area contributed by atoms with E-state index in [0.717, 1.165) is 23.1 Å². The van der Waals surface area contributed by atoms with E-state index in [9.17, 15) is 27.6 Å². The summed E-state index contributed by atoms with van der Waals surface area (Å²) in [5.41, 5.74) is 8.37. The molecule has 5 N–H and O–H groups in total. The number of hydrogen-bond acceptors (Lipinski definition) is 7. The van der Waals surface area contributed by atoms with E-state index in [1.807, 2.05) is 0 Å². The Hall–Kier alpha value is -3.87. The van der Waals surface area contributed by atoms with Crippen molar-refractivity contribution in [2.45, 2.75) is 38.5 Å². The number of nitrogens with zero attached hydrogens (tertiary/aromatic N) is 2. The average molecular weight is 510 g/mol. The summed E-state index contributed by atoms with van der Waals surface area (Å²) in [5, 5.41) is 2.71. The van der Waals surface area contributed by atoms with Crippen molar-refractivity contribution in [3.63, 3.8) is 0 Å². The molecule has 0 spiro atoms. The molecule has 1 atom stereocenters. The minimum Gasteiger partial charge on any atom is -0.467 e. The Morgan fingerprint density at radius 3 is 2.34 bits per heavy atom. The van der Waals surface area contributed by atoms with Crippen molar-refractivity contribution >= 4 is 40.6 Å². The number of amides is 3. The molecule has 0 saturated heterocycles. The number of benzene rings is 1. The van der Waals surface area contributed by atoms with Gasteiger partial charge in [0.1, 0.15) is 10.6 Å². The number of furan rings is 1. The molecule has 9 nitrogen and oxygen atoms in total. The lowest BCUT2D eigenvalue weighted by Crippen LogP contribution is -2.49. The van der Waals surface area contributed by atoms with Gasteiger partial charge in [-0.25, -0.2) is 0 Å². The Bertz CT molecular complexity index is 1250. The summed E-state index contributed by atoms with van der Waals surface area (Å²) in [5.74, 6) is -2.71. The number of nitrogens with two attached hydrogens (primary N) is 2. The third-order valence-electron chi connectivity index (χ3n) is 4.64. The predicted octanol–water partition coefficient (Wildman–Crippen LogP) is 3.74. The molecule has 0 saturated carbocycles. The minimum atomic E-state index is -4.72. The van der Waals surface area contributed by atoms with Crippen molar-refractivity contribution in [3.8, 4) is 0 Å². The number of nitrogen functional groups attached to an aromatic ring is 1. The zero-order chi connectivity index (χ0) is 26.1. The molecular weight excluding hydrogens is 487 g/mol. The Kier molecular flexibility index (Phi) is 6.92. The Morgan fingerprint density at radius 1 is 1.14 bits per heavy atom. The third-order valence-corrected chi connectivity index (χ3v) is 5.49. The fourth-order valence-electron chi connectivity index (χ4n) is 3.21. The first-order valence-electron chi connectivity index (χ1n) is 10.1. The molecule has 0 unspecified atom stereocenters. The van der Waals surface area contributed by atoms with Crippen molar-refractivity contribution in [1.82, 2.24) is 9.69 Å². The van der Waals surface area contributed by atoms with E-state index < -0.39 is 41.0 Å². The Labute approximate surface area is 202 Å². The maximum Gasteiger partial charge on any atom is 0.416 e. The second-order valence-electron chi connectivity index (χ2n) is 8.52. The molecule has 1 aromatic carbocycles. The normalized spacial score (nSPS) is 12.7. The maximum atomic E-state index is 13.7. The fraction of sp³-hybridized carbons (Fsp3) is 0.273. The van der Waals surface area contributed by atoms with E-state index in [1.165, 1.54) is 24.5 Å². The lowest BCUT2D eigenvalue weighted by atomic mass is 10.0. The smallest absolute Gasteiger partial charge is 0.416 e. The van der Waals surface area contributed by atoms with Crippen LogP contribution in [0.5, 0.6) is 0 Å². The first-order valence-corrected chi connectivity index (χ1v) is 10.9. The Morgan fingerprint density at radius 2 is 1.83 bits per heavy atom. The van der Waals surface area contributed by atoms with E-state index in [0.29, 0.717) is 11.5 Å². The van der Waals surface area contributed by atoms with Gasteiger partial charge in [0.15, 0.2) is 11.7 Å². The van der Waals surface area contributed by atoms with Crippen LogP contribution in [0.15, 0.2) is 47.1 Å². The molecule has 3 rings (SSSR count). The fourth-order valence-corrected chi connectivity index (χ4v) is 3.96. The van der Waals surface area contributed by atoms with Crippen LogP contribution in [0.3, 0.4) is 0 Å². The molecule has 186 valence electrons. The van der Waals surface area contributed by atoms with Crippen LogP contribution in [0.1, 0.15) is 58.3 Å². The van der Waals surface area contributed by atoms with Crippen molar-refractivity contribution in [2.24, 2.45) is 5.73 Å². The van der Waals surface area contributed by atoms with Gasteiger partial charge in [0.25, 0.3) is 17.7 Å². The second kappa shape index (κ2) is 9.41. The summed E-state index contributed by atoms with van der Waals surface area (Å²) in [4.78, 5) is 39.3. The number of carbonyl (C=O) groups is 3. The number of anilines is 2. The molecule has 35 heavy (non-hydrogen) atoms. The molecule has 0 bridgehead atoms. The topological polar surface area (TPSA) is 145 Å². The molecule has 2 aromatic heterocycles. The maximum absolute atomic E-state index is 13.7. The summed E-state index contributed by atoms with van der Waals surface area (Å²) in [6.45, 7) is 5.09. The van der Waals surface area contributed by atoms with Crippen LogP contribution >= 0.6 is 11.5 Å². The van der Waals surface area contributed by atoms with Crippen molar-refractivity contribution in [2.75, 3.05) is 10.6 Å². The summed E-state index contributed by atoms with van der Waals surface area (Å²) >= 11 is 0.533. The lowest BCUT2D eigenvalue weighted by molar-refractivity contribution is -0.137. The van der Waals surface area contributed by atoms with Crippen LogP contribution in [0.2, 0.25) is 0 Å². The van der Waals surface area contributed by atoms with E-state index in [-0.39, 0.29) is 27.7 Å². The molecule has 3 aromatic rings. The van der Waals surface area contributed by atoms with Crippen molar-refractivity contribution in [3.05, 3.63) is 64.6 Å². The van der Waals surface area contributed by atoms with Crippen molar-refractivity contribution < 1.29 is 32.0 Å². The molecule has 0 aliphatic rings. The highest BCUT2D eigenvalue weighted by molar-refractivity contribution is 7.09. The highest BCUT2D eigenvalue weighted by Gasteiger charge is 2.40. The van der Waals surface area contributed by atoms with Gasteiger partial charge in [0.05, 0.1) is 17.5 Å². The number of aromatic nitrogens is 1. The monoisotopic (exact) mass is 509 g/mol. The zero-order valence-electron chi connectivity index (χ0n) is 18.8. The van der Waals surface area contributed by atoms with Crippen LogP contribution < -0.4 is 21.7 Å². The number of hydrogen-bond donors (Lipinski definition) is 3. The number of nitrogens with one attached hydrogen (secondary N) is 1. The number of alkyl halides is 3. The molecule has 2 heterocycles. The van der Waals surface area contributed by atoms with E-state index in [2.05, 4.69) is 9.69 Å². The van der Waals surface area contributed by atoms with Gasteiger partial charge in [-0.1, -0.05) is 6.07 Å². The number of rotatable bonds is 6. The van der Waals surface area contributed by atoms with E-state index >= 15 is 0 Å². The molecule has 0 radical (unpaired) electrons. The molecule has 13 heteroatoms. The molecule has 3 amide bonds. The van der Waals surface area contributed by atoms with Gasteiger partial charge in [-0.3, -0.25) is 19.3 Å². The molecule has 0 fully saturated rings. The van der Waals surface area contributed by atoms with Gasteiger partial charge in [0.2, 0.25) is 0 Å².